The van der Waals surface area contributed by atoms with Gasteiger partial charge in [-0.3, -0.25) is 0 Å². The van der Waals surface area contributed by atoms with Gasteiger partial charge in [0.25, 0.3) is 0 Å². The summed E-state index contributed by atoms with van der Waals surface area (Å²) in [5, 5.41) is 5.39. The number of rotatable bonds is 8. The second-order valence-electron chi connectivity index (χ2n) is 5.21. The second-order valence-corrected chi connectivity index (χ2v) is 6.24. The van der Waals surface area contributed by atoms with Gasteiger partial charge in [-0.05, 0) is 17.9 Å². The average molecular weight is 305 g/mol. The zero-order chi connectivity index (χ0) is 15.1. The number of anilines is 1. The quantitative estimate of drug-likeness (QED) is 0.797. The lowest BCUT2D eigenvalue weighted by Crippen LogP contribution is -2.09. The molecule has 2 aromatic heterocycles. The molecular weight excluding hydrogens is 282 g/mol. The van der Waals surface area contributed by atoms with Gasteiger partial charge in [0.05, 0.1) is 6.61 Å². The Balaban J connectivity index is 2.00. The zero-order valence-corrected chi connectivity index (χ0v) is 13.7. The van der Waals surface area contributed by atoms with Crippen LogP contribution in [0.15, 0.2) is 23.6 Å². The first-order valence-corrected chi connectivity index (χ1v) is 8.35. The van der Waals surface area contributed by atoms with Crippen LogP contribution in [0.3, 0.4) is 0 Å². The van der Waals surface area contributed by atoms with Gasteiger partial charge in [-0.1, -0.05) is 26.8 Å². The third-order valence-electron chi connectivity index (χ3n) is 2.97. The van der Waals surface area contributed by atoms with Crippen LogP contribution in [0.25, 0.3) is 0 Å². The lowest BCUT2D eigenvalue weighted by atomic mass is 10.2. The fourth-order valence-electron chi connectivity index (χ4n) is 1.83. The van der Waals surface area contributed by atoms with E-state index in [0.717, 1.165) is 31.0 Å². The van der Waals surface area contributed by atoms with Crippen LogP contribution < -0.4 is 10.1 Å². The summed E-state index contributed by atoms with van der Waals surface area (Å²) >= 11 is 1.76. The van der Waals surface area contributed by atoms with Crippen molar-refractivity contribution in [2.45, 2.75) is 39.5 Å². The van der Waals surface area contributed by atoms with Crippen LogP contribution >= 0.6 is 11.3 Å². The van der Waals surface area contributed by atoms with Gasteiger partial charge >= 0.3 is 0 Å². The number of hydrogen-bond donors (Lipinski definition) is 1. The molecule has 0 aliphatic heterocycles. The van der Waals surface area contributed by atoms with Crippen LogP contribution in [0.5, 0.6) is 5.88 Å². The van der Waals surface area contributed by atoms with E-state index in [2.05, 4.69) is 53.6 Å². The number of nitrogens with zero attached hydrogens (tertiary/aromatic N) is 2. The maximum Gasteiger partial charge on any atom is 0.218 e. The summed E-state index contributed by atoms with van der Waals surface area (Å²) in [4.78, 5) is 10.3. The Bertz CT molecular complexity index is 540. The van der Waals surface area contributed by atoms with Crippen molar-refractivity contribution in [1.82, 2.24) is 9.97 Å². The predicted molar refractivity (Wildman–Crippen MR) is 88.4 cm³/mol. The first-order chi connectivity index (χ1) is 10.2. The minimum Gasteiger partial charge on any atom is -0.477 e. The normalized spacial score (nSPS) is 10.9. The van der Waals surface area contributed by atoms with Gasteiger partial charge in [0.15, 0.2) is 0 Å². The van der Waals surface area contributed by atoms with Crippen LogP contribution in [0.2, 0.25) is 0 Å². The molecule has 5 heteroatoms. The van der Waals surface area contributed by atoms with Gasteiger partial charge in [0.1, 0.15) is 11.6 Å². The fourth-order valence-corrected chi connectivity index (χ4v) is 2.52. The summed E-state index contributed by atoms with van der Waals surface area (Å²) in [7, 11) is 0. The van der Waals surface area contributed by atoms with E-state index in [4.69, 9.17) is 4.74 Å². The highest BCUT2D eigenvalue weighted by Crippen LogP contribution is 2.19. The van der Waals surface area contributed by atoms with E-state index < -0.39 is 0 Å². The molecule has 0 radical (unpaired) electrons. The summed E-state index contributed by atoms with van der Waals surface area (Å²) in [6.07, 6.45) is 1.98. The summed E-state index contributed by atoms with van der Waals surface area (Å²) in [6.45, 7) is 7.87. The maximum absolute atomic E-state index is 5.81. The summed E-state index contributed by atoms with van der Waals surface area (Å²) in [5.74, 6) is 2.61. The van der Waals surface area contributed by atoms with Crippen molar-refractivity contribution in [1.29, 1.82) is 0 Å². The first kappa shape index (κ1) is 15.8. The van der Waals surface area contributed by atoms with Crippen LogP contribution in [0.1, 0.15) is 43.8 Å². The molecule has 0 atom stereocenters. The molecule has 0 fully saturated rings. The Morgan fingerprint density at radius 3 is 2.86 bits per heavy atom. The van der Waals surface area contributed by atoms with Crippen molar-refractivity contribution in [3.63, 3.8) is 0 Å². The molecule has 0 unspecified atom stereocenters. The minimum absolute atomic E-state index is 0.285. The SMILES string of the molecule is CCCNc1cc(OCCc2cccs2)nc(C(C)C)n1. The molecule has 2 aromatic rings. The lowest BCUT2D eigenvalue weighted by molar-refractivity contribution is 0.308. The predicted octanol–water partition coefficient (Wildman–Crippen LogP) is 4.10. The Hall–Kier alpha value is -1.62. The fraction of sp³-hybridized carbons (Fsp3) is 0.500. The molecule has 21 heavy (non-hydrogen) atoms. The first-order valence-electron chi connectivity index (χ1n) is 7.47. The van der Waals surface area contributed by atoms with Gasteiger partial charge in [-0.2, -0.15) is 4.98 Å². The number of thiophene rings is 1. The van der Waals surface area contributed by atoms with E-state index in [1.165, 1.54) is 4.88 Å². The molecule has 0 saturated heterocycles. The van der Waals surface area contributed by atoms with Crippen LogP contribution in [-0.4, -0.2) is 23.1 Å². The highest BCUT2D eigenvalue weighted by Gasteiger charge is 2.09. The molecule has 4 nitrogen and oxygen atoms in total. The van der Waals surface area contributed by atoms with E-state index in [1.54, 1.807) is 11.3 Å². The van der Waals surface area contributed by atoms with E-state index in [0.29, 0.717) is 12.5 Å². The number of nitrogens with one attached hydrogen (secondary N) is 1. The molecule has 0 aliphatic rings. The van der Waals surface area contributed by atoms with Crippen molar-refractivity contribution < 1.29 is 4.74 Å². The van der Waals surface area contributed by atoms with Gasteiger partial charge in [0.2, 0.25) is 5.88 Å². The molecule has 0 aliphatic carbocycles. The van der Waals surface area contributed by atoms with Crippen LogP contribution in [-0.2, 0) is 6.42 Å². The van der Waals surface area contributed by atoms with E-state index >= 15 is 0 Å². The summed E-state index contributed by atoms with van der Waals surface area (Å²) < 4.78 is 5.81. The Morgan fingerprint density at radius 2 is 2.19 bits per heavy atom. The molecule has 1 N–H and O–H groups in total. The molecule has 2 rings (SSSR count). The largest absolute Gasteiger partial charge is 0.477 e. The van der Waals surface area contributed by atoms with Crippen molar-refractivity contribution in [2.24, 2.45) is 0 Å². The maximum atomic E-state index is 5.81. The van der Waals surface area contributed by atoms with Crippen molar-refractivity contribution in [2.75, 3.05) is 18.5 Å². The lowest BCUT2D eigenvalue weighted by Gasteiger charge is -2.12. The van der Waals surface area contributed by atoms with Crippen LogP contribution in [0, 0.1) is 0 Å². The summed E-state index contributed by atoms with van der Waals surface area (Å²) in [5.41, 5.74) is 0. The third kappa shape index (κ3) is 5.01. The second kappa shape index (κ2) is 7.98. The molecular formula is C16H23N3OS. The molecule has 2 heterocycles. The molecule has 114 valence electrons. The highest BCUT2D eigenvalue weighted by atomic mass is 32.1. The zero-order valence-electron chi connectivity index (χ0n) is 12.9. The Kier molecular flexibility index (Phi) is 5.99. The van der Waals surface area contributed by atoms with E-state index in [-0.39, 0.29) is 5.92 Å². The smallest absolute Gasteiger partial charge is 0.218 e. The highest BCUT2D eigenvalue weighted by molar-refractivity contribution is 7.09. The van der Waals surface area contributed by atoms with Crippen molar-refractivity contribution >= 4 is 17.2 Å². The van der Waals surface area contributed by atoms with Crippen molar-refractivity contribution in [3.05, 3.63) is 34.3 Å². The topological polar surface area (TPSA) is 47.0 Å². The monoisotopic (exact) mass is 305 g/mol. The number of aromatic nitrogens is 2. The standard InChI is InChI=1S/C16H23N3OS/c1-4-8-17-14-11-15(19-16(18-14)12(2)3)20-9-7-13-6-5-10-21-13/h5-6,10-12H,4,7-9H2,1-3H3,(H,17,18,19). The van der Waals surface area contributed by atoms with Gasteiger partial charge < -0.3 is 10.1 Å². The van der Waals surface area contributed by atoms with Gasteiger partial charge in [0, 0.05) is 29.8 Å². The van der Waals surface area contributed by atoms with Gasteiger partial charge in [-0.15, -0.1) is 11.3 Å². The molecule has 0 bridgehead atoms. The number of hydrogen-bond acceptors (Lipinski definition) is 5. The average Bonchev–Trinajstić information content (AvgIpc) is 2.98. The molecule has 0 saturated carbocycles. The van der Waals surface area contributed by atoms with E-state index in [9.17, 15) is 0 Å². The molecule has 0 aromatic carbocycles. The third-order valence-corrected chi connectivity index (χ3v) is 3.91. The number of ether oxygens (including phenoxy) is 1. The van der Waals surface area contributed by atoms with Crippen LogP contribution in [0.4, 0.5) is 5.82 Å². The van der Waals surface area contributed by atoms with E-state index in [1.807, 2.05) is 6.07 Å². The van der Waals surface area contributed by atoms with Gasteiger partial charge in [-0.25, -0.2) is 4.98 Å². The molecule has 0 spiro atoms. The van der Waals surface area contributed by atoms with Crippen molar-refractivity contribution in [3.8, 4) is 5.88 Å². The summed E-state index contributed by atoms with van der Waals surface area (Å²) in [6, 6.07) is 6.08. The Morgan fingerprint density at radius 1 is 1.33 bits per heavy atom. The molecule has 0 amide bonds. The minimum atomic E-state index is 0.285. The Labute approximate surface area is 130 Å².